The highest BCUT2D eigenvalue weighted by molar-refractivity contribution is 5.94. The Balaban J connectivity index is 2.33. The first-order valence-corrected chi connectivity index (χ1v) is 9.79. The third kappa shape index (κ3) is 5.21. The summed E-state index contributed by atoms with van der Waals surface area (Å²) < 4.78 is 1.75. The number of rotatable bonds is 6. The van der Waals surface area contributed by atoms with Crippen LogP contribution in [0.5, 0.6) is 0 Å². The number of benzene rings is 1. The molecule has 28 heavy (non-hydrogen) atoms. The Bertz CT molecular complexity index is 829. The van der Waals surface area contributed by atoms with Crippen LogP contribution in [-0.2, 0) is 15.0 Å². The molecule has 0 atom stereocenters. The van der Waals surface area contributed by atoms with Gasteiger partial charge < -0.3 is 10.2 Å². The lowest BCUT2D eigenvalue weighted by Crippen LogP contribution is -2.42. The van der Waals surface area contributed by atoms with Gasteiger partial charge in [0.2, 0.25) is 11.8 Å². The molecule has 0 aliphatic carbocycles. The molecule has 1 N–H and O–H groups in total. The Kier molecular flexibility index (Phi) is 6.65. The molecular formula is C22H32N4O2. The van der Waals surface area contributed by atoms with Crippen molar-refractivity contribution in [3.63, 3.8) is 0 Å². The van der Waals surface area contributed by atoms with Gasteiger partial charge in [0.15, 0.2) is 0 Å². The standard InChI is InChI=1S/C22H32N4O2/c1-8-21(28)25(15(2)3)14-20(27)23-19-13-18(22(5,6)7)24-26(19)17-11-9-16(4)10-12-17/h9-13,15H,8,14H2,1-7H3,(H,23,27). The van der Waals surface area contributed by atoms with Gasteiger partial charge in [-0.25, -0.2) is 4.68 Å². The van der Waals surface area contributed by atoms with E-state index in [1.807, 2.05) is 51.1 Å². The van der Waals surface area contributed by atoms with E-state index >= 15 is 0 Å². The van der Waals surface area contributed by atoms with Crippen LogP contribution < -0.4 is 5.32 Å². The molecule has 2 amide bonds. The van der Waals surface area contributed by atoms with Crippen molar-refractivity contribution >= 4 is 17.6 Å². The lowest BCUT2D eigenvalue weighted by Gasteiger charge is -2.25. The number of nitrogens with zero attached hydrogens (tertiary/aromatic N) is 3. The smallest absolute Gasteiger partial charge is 0.245 e. The van der Waals surface area contributed by atoms with Gasteiger partial charge in [-0.2, -0.15) is 5.10 Å². The fourth-order valence-electron chi connectivity index (χ4n) is 2.82. The Morgan fingerprint density at radius 2 is 1.79 bits per heavy atom. The van der Waals surface area contributed by atoms with Gasteiger partial charge in [-0.3, -0.25) is 9.59 Å². The van der Waals surface area contributed by atoms with E-state index in [0.29, 0.717) is 12.2 Å². The monoisotopic (exact) mass is 384 g/mol. The van der Waals surface area contributed by atoms with E-state index < -0.39 is 0 Å². The Morgan fingerprint density at radius 1 is 1.18 bits per heavy atom. The van der Waals surface area contributed by atoms with Crippen molar-refractivity contribution in [2.75, 3.05) is 11.9 Å². The van der Waals surface area contributed by atoms with Gasteiger partial charge >= 0.3 is 0 Å². The zero-order valence-corrected chi connectivity index (χ0v) is 18.0. The topological polar surface area (TPSA) is 67.2 Å². The number of carbonyl (C=O) groups is 2. The van der Waals surface area contributed by atoms with Crippen LogP contribution in [-0.4, -0.2) is 39.1 Å². The minimum Gasteiger partial charge on any atom is -0.331 e. The fraction of sp³-hybridized carbons (Fsp3) is 0.500. The summed E-state index contributed by atoms with van der Waals surface area (Å²) >= 11 is 0. The molecule has 0 aliphatic heterocycles. The molecule has 1 aromatic carbocycles. The molecule has 152 valence electrons. The number of aryl methyl sites for hydroxylation is 1. The summed E-state index contributed by atoms with van der Waals surface area (Å²) in [6, 6.07) is 9.85. The van der Waals surface area contributed by atoms with Crippen LogP contribution in [0.2, 0.25) is 0 Å². The van der Waals surface area contributed by atoms with Crippen LogP contribution in [0.15, 0.2) is 30.3 Å². The molecule has 0 fully saturated rings. The highest BCUT2D eigenvalue weighted by Gasteiger charge is 2.23. The number of amides is 2. The van der Waals surface area contributed by atoms with Gasteiger partial charge in [0, 0.05) is 23.9 Å². The van der Waals surface area contributed by atoms with Crippen LogP contribution >= 0.6 is 0 Å². The molecule has 2 aromatic rings. The predicted octanol–water partition coefficient (Wildman–Crippen LogP) is 4.06. The summed E-state index contributed by atoms with van der Waals surface area (Å²) in [6.07, 6.45) is 0.376. The van der Waals surface area contributed by atoms with Gasteiger partial charge in [0.05, 0.1) is 11.4 Å². The van der Waals surface area contributed by atoms with Gasteiger partial charge in [-0.15, -0.1) is 0 Å². The van der Waals surface area contributed by atoms with Crippen molar-refractivity contribution < 1.29 is 9.59 Å². The van der Waals surface area contributed by atoms with Crippen LogP contribution in [0.25, 0.3) is 5.69 Å². The lowest BCUT2D eigenvalue weighted by atomic mass is 9.92. The van der Waals surface area contributed by atoms with E-state index in [4.69, 9.17) is 5.10 Å². The molecule has 0 saturated carbocycles. The number of aromatic nitrogens is 2. The molecule has 0 radical (unpaired) electrons. The number of anilines is 1. The molecule has 2 rings (SSSR count). The molecule has 1 aromatic heterocycles. The second-order valence-electron chi connectivity index (χ2n) is 8.43. The normalized spacial score (nSPS) is 11.6. The predicted molar refractivity (Wildman–Crippen MR) is 113 cm³/mol. The zero-order valence-electron chi connectivity index (χ0n) is 18.0. The van der Waals surface area contributed by atoms with Crippen molar-refractivity contribution in [3.05, 3.63) is 41.6 Å². The molecule has 0 saturated heterocycles. The first-order chi connectivity index (χ1) is 13.0. The minimum absolute atomic E-state index is 0.0221. The number of nitrogens with one attached hydrogen (secondary N) is 1. The fourth-order valence-corrected chi connectivity index (χ4v) is 2.82. The van der Waals surface area contributed by atoms with Crippen molar-refractivity contribution in [1.82, 2.24) is 14.7 Å². The summed E-state index contributed by atoms with van der Waals surface area (Å²) in [6.45, 7) is 13.9. The largest absolute Gasteiger partial charge is 0.331 e. The first kappa shape index (κ1) is 21.7. The van der Waals surface area contributed by atoms with Crippen LogP contribution in [0.3, 0.4) is 0 Å². The van der Waals surface area contributed by atoms with Gasteiger partial charge in [0.1, 0.15) is 12.4 Å². The molecule has 1 heterocycles. The highest BCUT2D eigenvalue weighted by Crippen LogP contribution is 2.26. The maximum absolute atomic E-state index is 12.7. The molecular weight excluding hydrogens is 352 g/mol. The third-order valence-corrected chi connectivity index (χ3v) is 4.58. The molecule has 0 unspecified atom stereocenters. The molecule has 6 heteroatoms. The molecule has 6 nitrogen and oxygen atoms in total. The SMILES string of the molecule is CCC(=O)N(CC(=O)Nc1cc(C(C)(C)C)nn1-c1ccc(C)cc1)C(C)C. The second-order valence-corrected chi connectivity index (χ2v) is 8.43. The second kappa shape index (κ2) is 8.59. The molecule has 0 bridgehead atoms. The Morgan fingerprint density at radius 3 is 2.29 bits per heavy atom. The summed E-state index contributed by atoms with van der Waals surface area (Å²) in [5.74, 6) is 0.336. The van der Waals surface area contributed by atoms with Crippen molar-refractivity contribution in [1.29, 1.82) is 0 Å². The number of hydrogen-bond donors (Lipinski definition) is 1. The van der Waals surface area contributed by atoms with E-state index in [1.165, 1.54) is 0 Å². The first-order valence-electron chi connectivity index (χ1n) is 9.79. The maximum Gasteiger partial charge on any atom is 0.245 e. The van der Waals surface area contributed by atoms with E-state index in [1.54, 1.807) is 16.5 Å². The van der Waals surface area contributed by atoms with Gasteiger partial charge in [0.25, 0.3) is 0 Å². The van der Waals surface area contributed by atoms with Crippen LogP contribution in [0.1, 0.15) is 59.2 Å². The average Bonchev–Trinajstić information content (AvgIpc) is 3.03. The lowest BCUT2D eigenvalue weighted by molar-refractivity contribution is -0.136. The summed E-state index contributed by atoms with van der Waals surface area (Å²) in [5.41, 5.74) is 2.76. The Labute approximate surface area is 167 Å². The molecule has 0 spiro atoms. The molecule has 0 aliphatic rings. The van der Waals surface area contributed by atoms with Gasteiger partial charge in [-0.05, 0) is 32.9 Å². The van der Waals surface area contributed by atoms with E-state index in [0.717, 1.165) is 16.9 Å². The Hall–Kier alpha value is -2.63. The quantitative estimate of drug-likeness (QED) is 0.816. The van der Waals surface area contributed by atoms with Crippen LogP contribution in [0.4, 0.5) is 5.82 Å². The summed E-state index contributed by atoms with van der Waals surface area (Å²) in [7, 11) is 0. The zero-order chi connectivity index (χ0) is 21.1. The van der Waals surface area contributed by atoms with Crippen molar-refractivity contribution in [2.45, 2.75) is 66.3 Å². The average molecular weight is 385 g/mol. The summed E-state index contributed by atoms with van der Waals surface area (Å²) in [4.78, 5) is 26.4. The van der Waals surface area contributed by atoms with E-state index in [2.05, 4.69) is 26.1 Å². The third-order valence-electron chi connectivity index (χ3n) is 4.58. The van der Waals surface area contributed by atoms with E-state index in [9.17, 15) is 9.59 Å². The maximum atomic E-state index is 12.7. The number of hydrogen-bond acceptors (Lipinski definition) is 3. The van der Waals surface area contributed by atoms with Gasteiger partial charge in [-0.1, -0.05) is 45.4 Å². The highest BCUT2D eigenvalue weighted by atomic mass is 16.2. The minimum atomic E-state index is -0.232. The number of carbonyl (C=O) groups excluding carboxylic acids is 2. The van der Waals surface area contributed by atoms with Crippen molar-refractivity contribution in [3.8, 4) is 5.69 Å². The summed E-state index contributed by atoms with van der Waals surface area (Å²) in [5, 5.41) is 7.67. The van der Waals surface area contributed by atoms with E-state index in [-0.39, 0.29) is 29.8 Å². The van der Waals surface area contributed by atoms with Crippen molar-refractivity contribution in [2.24, 2.45) is 0 Å². The van der Waals surface area contributed by atoms with Crippen LogP contribution in [0, 0.1) is 6.92 Å².